The summed E-state index contributed by atoms with van der Waals surface area (Å²) in [5, 5.41) is 0.679. The average Bonchev–Trinajstić information content (AvgIpc) is 2.79. The monoisotopic (exact) mass is 309 g/mol. The van der Waals surface area contributed by atoms with Crippen molar-refractivity contribution in [1.82, 2.24) is 5.06 Å². The molecule has 2 amide bonds. The molecule has 2 fully saturated rings. The van der Waals surface area contributed by atoms with E-state index in [0.29, 0.717) is 5.06 Å². The molecule has 1 aliphatic heterocycles. The number of imide groups is 1. The van der Waals surface area contributed by atoms with Crippen LogP contribution in [-0.4, -0.2) is 22.8 Å². The van der Waals surface area contributed by atoms with E-state index in [2.05, 4.69) is 0 Å². The summed E-state index contributed by atoms with van der Waals surface area (Å²) in [5.41, 5.74) is 0. The van der Waals surface area contributed by atoms with E-state index < -0.39 is 17.8 Å². The first kappa shape index (κ1) is 17.0. The van der Waals surface area contributed by atoms with Gasteiger partial charge in [0.2, 0.25) is 0 Å². The summed E-state index contributed by atoms with van der Waals surface area (Å²) < 4.78 is 0. The third-order valence-electron chi connectivity index (χ3n) is 4.63. The third-order valence-corrected chi connectivity index (χ3v) is 4.63. The standard InChI is InChI=1S/C17H27NO4/c19-15-12-13-16(20)18(15)22-17(21)14-10-8-6-4-2-1-3-5-7-9-11-14/h14H,1-13H2. The molecule has 1 saturated heterocycles. The maximum Gasteiger partial charge on any atom is 0.336 e. The number of nitrogens with zero attached hydrogens (tertiary/aromatic N) is 1. The molecule has 0 radical (unpaired) electrons. The van der Waals surface area contributed by atoms with E-state index in [1.807, 2.05) is 0 Å². The van der Waals surface area contributed by atoms with E-state index in [0.717, 1.165) is 38.5 Å². The number of carbonyl (C=O) groups is 3. The van der Waals surface area contributed by atoms with Gasteiger partial charge in [-0.15, -0.1) is 5.06 Å². The summed E-state index contributed by atoms with van der Waals surface area (Å²) in [7, 11) is 0. The van der Waals surface area contributed by atoms with Gasteiger partial charge in [-0.3, -0.25) is 9.59 Å². The second kappa shape index (κ2) is 8.91. The van der Waals surface area contributed by atoms with Crippen LogP contribution < -0.4 is 0 Å². The fourth-order valence-corrected chi connectivity index (χ4v) is 3.22. The minimum absolute atomic E-state index is 0.150. The number of carbonyl (C=O) groups excluding carboxylic acids is 3. The van der Waals surface area contributed by atoms with Gasteiger partial charge in [-0.2, -0.15) is 0 Å². The van der Waals surface area contributed by atoms with Crippen LogP contribution in [0.1, 0.15) is 83.5 Å². The van der Waals surface area contributed by atoms with Crippen LogP contribution in [0.5, 0.6) is 0 Å². The molecule has 124 valence electrons. The Morgan fingerprint density at radius 1 is 0.773 bits per heavy atom. The lowest BCUT2D eigenvalue weighted by molar-refractivity contribution is -0.201. The molecule has 1 aliphatic carbocycles. The minimum Gasteiger partial charge on any atom is -0.330 e. The van der Waals surface area contributed by atoms with E-state index in [4.69, 9.17) is 4.84 Å². The van der Waals surface area contributed by atoms with E-state index in [9.17, 15) is 14.4 Å². The lowest BCUT2D eigenvalue weighted by Crippen LogP contribution is -2.34. The van der Waals surface area contributed by atoms with Gasteiger partial charge in [0.25, 0.3) is 11.8 Å². The van der Waals surface area contributed by atoms with Crippen LogP contribution in [0, 0.1) is 5.92 Å². The normalized spacial score (nSPS) is 23.0. The van der Waals surface area contributed by atoms with Crippen molar-refractivity contribution in [3.8, 4) is 0 Å². The molecule has 0 unspecified atom stereocenters. The molecule has 0 bridgehead atoms. The number of hydrogen-bond acceptors (Lipinski definition) is 4. The lowest BCUT2D eigenvalue weighted by atomic mass is 9.93. The van der Waals surface area contributed by atoms with Crippen LogP contribution in [-0.2, 0) is 19.2 Å². The second-order valence-corrected chi connectivity index (χ2v) is 6.45. The number of amides is 2. The minimum atomic E-state index is -0.402. The van der Waals surface area contributed by atoms with Crippen LogP contribution in [0.15, 0.2) is 0 Å². The van der Waals surface area contributed by atoms with Gasteiger partial charge in [-0.05, 0) is 12.8 Å². The molecule has 1 saturated carbocycles. The smallest absolute Gasteiger partial charge is 0.330 e. The molecule has 22 heavy (non-hydrogen) atoms. The van der Waals surface area contributed by atoms with E-state index in [1.54, 1.807) is 0 Å². The molecule has 0 atom stereocenters. The van der Waals surface area contributed by atoms with Crippen molar-refractivity contribution < 1.29 is 19.2 Å². The van der Waals surface area contributed by atoms with Crippen molar-refractivity contribution in [2.45, 2.75) is 83.5 Å². The fraction of sp³-hybridized carbons (Fsp3) is 0.824. The summed E-state index contributed by atoms with van der Waals surface area (Å²) in [4.78, 5) is 40.5. The van der Waals surface area contributed by atoms with Crippen LogP contribution in [0.2, 0.25) is 0 Å². The lowest BCUT2D eigenvalue weighted by Gasteiger charge is -2.19. The second-order valence-electron chi connectivity index (χ2n) is 6.45. The first-order valence-electron chi connectivity index (χ1n) is 8.76. The fourth-order valence-electron chi connectivity index (χ4n) is 3.22. The SMILES string of the molecule is O=C(ON1C(=O)CCC1=O)C1CCCCCCCCCCC1. The van der Waals surface area contributed by atoms with Gasteiger partial charge in [0.15, 0.2) is 0 Å². The van der Waals surface area contributed by atoms with Gasteiger partial charge >= 0.3 is 5.97 Å². The van der Waals surface area contributed by atoms with Crippen LogP contribution in [0.4, 0.5) is 0 Å². The quantitative estimate of drug-likeness (QED) is 0.732. The molecular weight excluding hydrogens is 282 g/mol. The Labute approximate surface area is 132 Å². The average molecular weight is 309 g/mol. The maximum atomic E-state index is 12.3. The maximum absolute atomic E-state index is 12.3. The molecule has 2 aliphatic rings. The Kier molecular flexibility index (Phi) is 6.87. The van der Waals surface area contributed by atoms with Gasteiger partial charge in [-0.25, -0.2) is 4.79 Å². The zero-order valence-corrected chi connectivity index (χ0v) is 13.3. The molecule has 0 spiro atoms. The topological polar surface area (TPSA) is 63.7 Å². The highest BCUT2D eigenvalue weighted by atomic mass is 16.7. The Hall–Kier alpha value is -1.39. The Morgan fingerprint density at radius 2 is 1.18 bits per heavy atom. The predicted octanol–water partition coefficient (Wildman–Crippen LogP) is 3.51. The highest BCUT2D eigenvalue weighted by molar-refractivity contribution is 6.01. The zero-order valence-electron chi connectivity index (χ0n) is 13.3. The molecule has 0 aromatic carbocycles. The molecule has 5 nitrogen and oxygen atoms in total. The van der Waals surface area contributed by atoms with Gasteiger partial charge in [-0.1, -0.05) is 57.8 Å². The van der Waals surface area contributed by atoms with Crippen LogP contribution >= 0.6 is 0 Å². The first-order valence-corrected chi connectivity index (χ1v) is 8.76. The first-order chi connectivity index (χ1) is 10.7. The van der Waals surface area contributed by atoms with Crippen molar-refractivity contribution in [3.63, 3.8) is 0 Å². The number of hydroxylamine groups is 2. The van der Waals surface area contributed by atoms with Crippen LogP contribution in [0.25, 0.3) is 0 Å². The summed E-state index contributed by atoms with van der Waals surface area (Å²) in [6, 6.07) is 0. The van der Waals surface area contributed by atoms with E-state index in [-0.39, 0.29) is 18.8 Å². The predicted molar refractivity (Wildman–Crippen MR) is 81.5 cm³/mol. The molecule has 0 aromatic heterocycles. The van der Waals surface area contributed by atoms with Crippen molar-refractivity contribution in [2.24, 2.45) is 5.92 Å². The molecule has 5 heteroatoms. The third kappa shape index (κ3) is 5.11. The Morgan fingerprint density at radius 3 is 1.64 bits per heavy atom. The zero-order chi connectivity index (χ0) is 15.8. The molecular formula is C17H27NO4. The van der Waals surface area contributed by atoms with Crippen molar-refractivity contribution >= 4 is 17.8 Å². The van der Waals surface area contributed by atoms with Gasteiger partial charge in [0.1, 0.15) is 0 Å². The summed E-state index contributed by atoms with van der Waals surface area (Å²) in [6.45, 7) is 0. The number of hydrogen-bond donors (Lipinski definition) is 0. The van der Waals surface area contributed by atoms with E-state index >= 15 is 0 Å². The van der Waals surface area contributed by atoms with Crippen molar-refractivity contribution in [2.75, 3.05) is 0 Å². The van der Waals surface area contributed by atoms with Crippen LogP contribution in [0.3, 0.4) is 0 Å². The van der Waals surface area contributed by atoms with Crippen molar-refractivity contribution in [1.29, 1.82) is 0 Å². The largest absolute Gasteiger partial charge is 0.336 e. The Balaban J connectivity index is 1.86. The molecule has 1 heterocycles. The van der Waals surface area contributed by atoms with Gasteiger partial charge in [0.05, 0.1) is 5.92 Å². The summed E-state index contributed by atoms with van der Waals surface area (Å²) >= 11 is 0. The molecule has 0 aromatic rings. The summed E-state index contributed by atoms with van der Waals surface area (Å²) in [6.07, 6.45) is 12.6. The molecule has 0 N–H and O–H groups in total. The number of rotatable bonds is 2. The summed E-state index contributed by atoms with van der Waals surface area (Å²) in [5.74, 6) is -1.38. The van der Waals surface area contributed by atoms with E-state index in [1.165, 1.54) is 32.1 Å². The van der Waals surface area contributed by atoms with Gasteiger partial charge < -0.3 is 4.84 Å². The Bertz CT molecular complexity index is 379. The van der Waals surface area contributed by atoms with Crippen molar-refractivity contribution in [3.05, 3.63) is 0 Å². The van der Waals surface area contributed by atoms with Gasteiger partial charge in [0, 0.05) is 12.8 Å². The molecule has 2 rings (SSSR count). The highest BCUT2D eigenvalue weighted by Gasteiger charge is 2.34. The highest BCUT2D eigenvalue weighted by Crippen LogP contribution is 2.23.